The number of phenolic OH excluding ortho intramolecular Hbond substituents is 2. The average molecular weight is 389 g/mol. The molecule has 0 spiro atoms. The van der Waals surface area contributed by atoms with Crippen LogP contribution >= 0.6 is 11.6 Å². The van der Waals surface area contributed by atoms with Crippen molar-refractivity contribution in [2.45, 2.75) is 13.0 Å². The van der Waals surface area contributed by atoms with Gasteiger partial charge in [0.25, 0.3) is 5.91 Å². The first-order valence-corrected chi connectivity index (χ1v) is 8.63. The number of aromatic nitrogens is 2. The van der Waals surface area contributed by atoms with Crippen molar-refractivity contribution in [3.63, 3.8) is 0 Å². The van der Waals surface area contributed by atoms with Crippen molar-refractivity contribution in [2.75, 3.05) is 12.3 Å². The Hall–Kier alpha value is -3.13. The number of nitrogens with zero attached hydrogens (tertiary/aromatic N) is 3. The highest BCUT2D eigenvalue weighted by Gasteiger charge is 2.30. The standard InChI is InChI=1S/C18H17ClN4O4/c1-22-7-9(20)4-14(22)18(26)23-3-2-13-11(8-23)17(27-21-13)10-5-12(19)16(25)6-15(10)24/h4-7,24-25H,2-3,8,20H2,1H3. The van der Waals surface area contributed by atoms with E-state index in [1.54, 1.807) is 28.8 Å². The molecule has 27 heavy (non-hydrogen) atoms. The maximum atomic E-state index is 12.9. The molecule has 0 radical (unpaired) electrons. The van der Waals surface area contributed by atoms with Crippen LogP contribution in [-0.2, 0) is 20.0 Å². The monoisotopic (exact) mass is 388 g/mol. The van der Waals surface area contributed by atoms with E-state index in [1.165, 1.54) is 6.07 Å². The van der Waals surface area contributed by atoms with Gasteiger partial charge in [0, 0.05) is 37.8 Å². The van der Waals surface area contributed by atoms with E-state index in [0.717, 1.165) is 11.8 Å². The summed E-state index contributed by atoms with van der Waals surface area (Å²) in [5.41, 5.74) is 8.52. The molecule has 0 aliphatic carbocycles. The van der Waals surface area contributed by atoms with Gasteiger partial charge in [0.05, 0.1) is 28.5 Å². The van der Waals surface area contributed by atoms with Crippen LogP contribution < -0.4 is 5.73 Å². The van der Waals surface area contributed by atoms with Gasteiger partial charge in [-0.3, -0.25) is 4.79 Å². The van der Waals surface area contributed by atoms with Gasteiger partial charge in [0.1, 0.15) is 17.2 Å². The molecule has 0 saturated carbocycles. The molecule has 1 aliphatic heterocycles. The van der Waals surface area contributed by atoms with Crippen molar-refractivity contribution in [3.8, 4) is 22.8 Å². The summed E-state index contributed by atoms with van der Waals surface area (Å²) in [4.78, 5) is 14.6. The molecule has 1 aliphatic rings. The molecular weight excluding hydrogens is 372 g/mol. The number of carbonyl (C=O) groups is 1. The van der Waals surface area contributed by atoms with E-state index in [0.29, 0.717) is 41.2 Å². The lowest BCUT2D eigenvalue weighted by Crippen LogP contribution is -2.36. The number of halogens is 1. The van der Waals surface area contributed by atoms with Gasteiger partial charge >= 0.3 is 0 Å². The second-order valence-corrected chi connectivity index (χ2v) is 6.91. The van der Waals surface area contributed by atoms with E-state index in [9.17, 15) is 15.0 Å². The number of aromatic hydroxyl groups is 2. The molecular formula is C18H17ClN4O4. The number of anilines is 1. The van der Waals surface area contributed by atoms with Gasteiger partial charge in [0.15, 0.2) is 5.76 Å². The second-order valence-electron chi connectivity index (χ2n) is 6.50. The lowest BCUT2D eigenvalue weighted by Gasteiger charge is -2.26. The molecule has 8 nitrogen and oxygen atoms in total. The number of rotatable bonds is 2. The van der Waals surface area contributed by atoms with E-state index >= 15 is 0 Å². The Kier molecular flexibility index (Phi) is 4.00. The molecule has 0 fully saturated rings. The molecule has 3 aromatic rings. The summed E-state index contributed by atoms with van der Waals surface area (Å²) in [5, 5.41) is 23.9. The third-order valence-electron chi connectivity index (χ3n) is 4.68. The molecule has 4 N–H and O–H groups in total. The minimum absolute atomic E-state index is 0.0796. The lowest BCUT2D eigenvalue weighted by atomic mass is 10.0. The summed E-state index contributed by atoms with van der Waals surface area (Å²) in [6.45, 7) is 0.765. The van der Waals surface area contributed by atoms with E-state index in [4.69, 9.17) is 21.9 Å². The third kappa shape index (κ3) is 2.87. The number of hydrogen-bond donors (Lipinski definition) is 3. The van der Waals surface area contributed by atoms with Gasteiger partial charge in [-0.25, -0.2) is 0 Å². The quantitative estimate of drug-likeness (QED) is 0.620. The summed E-state index contributed by atoms with van der Waals surface area (Å²) in [7, 11) is 1.76. The highest BCUT2D eigenvalue weighted by atomic mass is 35.5. The van der Waals surface area contributed by atoms with Gasteiger partial charge < -0.3 is 29.9 Å². The summed E-state index contributed by atoms with van der Waals surface area (Å²) < 4.78 is 7.12. The number of amides is 1. The number of hydrogen-bond acceptors (Lipinski definition) is 6. The predicted octanol–water partition coefficient (Wildman–Crippen LogP) is 2.53. The van der Waals surface area contributed by atoms with Gasteiger partial charge in [0.2, 0.25) is 0 Å². The van der Waals surface area contributed by atoms with Gasteiger partial charge in [-0.05, 0) is 12.1 Å². The molecule has 4 rings (SSSR count). The van der Waals surface area contributed by atoms with Crippen LogP contribution in [0.3, 0.4) is 0 Å². The molecule has 9 heteroatoms. The molecule has 2 aromatic heterocycles. The molecule has 1 amide bonds. The molecule has 140 valence electrons. The van der Waals surface area contributed by atoms with Crippen molar-refractivity contribution in [1.29, 1.82) is 0 Å². The number of aryl methyl sites for hydroxylation is 1. The number of benzene rings is 1. The minimum atomic E-state index is -0.232. The number of carbonyl (C=O) groups excluding carboxylic acids is 1. The van der Waals surface area contributed by atoms with Crippen LogP contribution in [0.15, 0.2) is 28.9 Å². The smallest absolute Gasteiger partial charge is 0.270 e. The highest BCUT2D eigenvalue weighted by molar-refractivity contribution is 6.32. The first-order chi connectivity index (χ1) is 12.8. The zero-order chi connectivity index (χ0) is 19.3. The summed E-state index contributed by atoms with van der Waals surface area (Å²) in [6, 6.07) is 4.19. The van der Waals surface area contributed by atoms with Crippen LogP contribution in [0.4, 0.5) is 5.69 Å². The van der Waals surface area contributed by atoms with Gasteiger partial charge in [-0.15, -0.1) is 0 Å². The Balaban J connectivity index is 1.69. The van der Waals surface area contributed by atoms with Crippen LogP contribution in [0.1, 0.15) is 21.7 Å². The third-order valence-corrected chi connectivity index (χ3v) is 4.98. The van der Waals surface area contributed by atoms with Crippen molar-refractivity contribution in [1.82, 2.24) is 14.6 Å². The fourth-order valence-electron chi connectivity index (χ4n) is 3.29. The summed E-state index contributed by atoms with van der Waals surface area (Å²) in [5.74, 6) is -0.243. The Morgan fingerprint density at radius 3 is 2.78 bits per heavy atom. The van der Waals surface area contributed by atoms with Crippen molar-refractivity contribution in [3.05, 3.63) is 46.4 Å². The SMILES string of the molecule is Cn1cc(N)cc1C(=O)N1CCc2noc(-c3cc(Cl)c(O)cc3O)c2C1. The van der Waals surface area contributed by atoms with Crippen molar-refractivity contribution < 1.29 is 19.5 Å². The van der Waals surface area contributed by atoms with Crippen LogP contribution in [0.25, 0.3) is 11.3 Å². The first kappa shape index (κ1) is 17.3. The van der Waals surface area contributed by atoms with Gasteiger partial charge in [-0.1, -0.05) is 16.8 Å². The van der Waals surface area contributed by atoms with Crippen LogP contribution in [-0.4, -0.2) is 37.3 Å². The molecule has 0 saturated heterocycles. The lowest BCUT2D eigenvalue weighted by molar-refractivity contribution is 0.0725. The Morgan fingerprint density at radius 1 is 1.30 bits per heavy atom. The fraction of sp³-hybridized carbons (Fsp3) is 0.222. The molecule has 1 aromatic carbocycles. The normalized spacial score (nSPS) is 13.6. The van der Waals surface area contributed by atoms with Crippen molar-refractivity contribution in [2.24, 2.45) is 7.05 Å². The Bertz CT molecular complexity index is 1060. The van der Waals surface area contributed by atoms with E-state index in [2.05, 4.69) is 5.16 Å². The number of nitrogens with two attached hydrogens (primary N) is 1. The maximum absolute atomic E-state index is 12.9. The van der Waals surface area contributed by atoms with Crippen LogP contribution in [0.5, 0.6) is 11.5 Å². The zero-order valence-corrected chi connectivity index (χ0v) is 15.2. The molecule has 3 heterocycles. The first-order valence-electron chi connectivity index (χ1n) is 8.25. The largest absolute Gasteiger partial charge is 0.507 e. The maximum Gasteiger partial charge on any atom is 0.270 e. The number of nitrogen functional groups attached to an aromatic ring is 1. The van der Waals surface area contributed by atoms with Crippen LogP contribution in [0.2, 0.25) is 5.02 Å². The summed E-state index contributed by atoms with van der Waals surface area (Å²) >= 11 is 5.96. The van der Waals surface area contributed by atoms with Crippen LogP contribution in [0, 0.1) is 0 Å². The fourth-order valence-corrected chi connectivity index (χ4v) is 3.46. The molecule has 0 atom stereocenters. The number of phenols is 2. The van der Waals surface area contributed by atoms with E-state index in [-0.39, 0.29) is 29.0 Å². The second kappa shape index (κ2) is 6.24. The summed E-state index contributed by atoms with van der Waals surface area (Å²) in [6.07, 6.45) is 2.21. The molecule has 0 bridgehead atoms. The van der Waals surface area contributed by atoms with E-state index in [1.807, 2.05) is 0 Å². The average Bonchev–Trinajstić information content (AvgIpc) is 3.19. The minimum Gasteiger partial charge on any atom is -0.507 e. The molecule has 0 unspecified atom stereocenters. The van der Waals surface area contributed by atoms with Gasteiger partial charge in [-0.2, -0.15) is 0 Å². The highest BCUT2D eigenvalue weighted by Crippen LogP contribution is 2.40. The van der Waals surface area contributed by atoms with Crippen molar-refractivity contribution >= 4 is 23.2 Å². The number of fused-ring (bicyclic) bond motifs is 1. The van der Waals surface area contributed by atoms with E-state index < -0.39 is 0 Å². The predicted molar refractivity (Wildman–Crippen MR) is 98.5 cm³/mol. The zero-order valence-electron chi connectivity index (χ0n) is 14.4. The topological polar surface area (TPSA) is 118 Å². The Labute approximate surface area is 159 Å². The Morgan fingerprint density at radius 2 is 2.07 bits per heavy atom.